The highest BCUT2D eigenvalue weighted by atomic mass is 16.1. The zero-order valence-electron chi connectivity index (χ0n) is 21.3. The first-order valence-electron chi connectivity index (χ1n) is 13.8. The summed E-state index contributed by atoms with van der Waals surface area (Å²) in [4.78, 5) is 14.3. The third kappa shape index (κ3) is 3.15. The minimum atomic E-state index is -0.136. The van der Waals surface area contributed by atoms with Crippen LogP contribution in [-0.4, -0.2) is 5.78 Å². The van der Waals surface area contributed by atoms with E-state index in [4.69, 9.17) is 0 Å². The fourth-order valence-corrected chi connectivity index (χ4v) is 7.36. The number of aryl methyl sites for hydroxylation is 1. The summed E-state index contributed by atoms with van der Waals surface area (Å²) in [5.74, 6) is 0.439. The second-order valence-electron chi connectivity index (χ2n) is 11.0. The van der Waals surface area contributed by atoms with E-state index >= 15 is 0 Å². The SMILES string of the molecule is O=C1c2ccccc2-c2cccc3c2CCC1c1cc2c(cc1-3)C(c1ccccc1)CCc1ccccc1-2. The standard InChI is InChI=1S/C37H28O/c38-37-31-14-7-6-13-28(31)27-15-8-16-29-30(27)19-20-32(37)36-22-33-25-12-5-4-11-24(25)17-18-26(34(33)21-35(29)36)23-9-2-1-3-10-23/h1-16,21-22,26,32H,17-20H2. The predicted molar refractivity (Wildman–Crippen MR) is 155 cm³/mol. The Morgan fingerprint density at radius 1 is 0.474 bits per heavy atom. The van der Waals surface area contributed by atoms with Gasteiger partial charge in [-0.3, -0.25) is 4.79 Å². The van der Waals surface area contributed by atoms with Gasteiger partial charge < -0.3 is 0 Å². The molecule has 0 fully saturated rings. The smallest absolute Gasteiger partial charge is 0.170 e. The number of benzene rings is 5. The third-order valence-electron chi connectivity index (χ3n) is 9.13. The molecule has 1 nitrogen and oxygen atoms in total. The lowest BCUT2D eigenvalue weighted by molar-refractivity contribution is 0.0956. The Balaban J connectivity index is 1.47. The van der Waals surface area contributed by atoms with Crippen LogP contribution in [0.2, 0.25) is 0 Å². The number of carbonyl (C=O) groups excluding carboxylic acids is 1. The lowest BCUT2D eigenvalue weighted by Gasteiger charge is -2.24. The third-order valence-corrected chi connectivity index (χ3v) is 9.13. The molecule has 38 heavy (non-hydrogen) atoms. The summed E-state index contributed by atoms with van der Waals surface area (Å²) in [5, 5.41) is 0. The summed E-state index contributed by atoms with van der Waals surface area (Å²) >= 11 is 0. The molecule has 0 aliphatic heterocycles. The van der Waals surface area contributed by atoms with Crippen molar-refractivity contribution in [3.05, 3.63) is 143 Å². The number of rotatable bonds is 1. The van der Waals surface area contributed by atoms with Crippen LogP contribution in [0.25, 0.3) is 33.4 Å². The molecule has 182 valence electrons. The van der Waals surface area contributed by atoms with Crippen molar-refractivity contribution in [3.63, 3.8) is 0 Å². The summed E-state index contributed by atoms with van der Waals surface area (Å²) < 4.78 is 0. The second-order valence-corrected chi connectivity index (χ2v) is 11.0. The van der Waals surface area contributed by atoms with E-state index in [9.17, 15) is 4.79 Å². The summed E-state index contributed by atoms with van der Waals surface area (Å²) in [6, 6.07) is 39.6. The maximum Gasteiger partial charge on any atom is 0.170 e. The highest BCUT2D eigenvalue weighted by molar-refractivity contribution is 6.09. The first kappa shape index (κ1) is 21.8. The second kappa shape index (κ2) is 8.39. The fraction of sp³-hybridized carbons (Fsp3) is 0.162. The van der Waals surface area contributed by atoms with Crippen molar-refractivity contribution in [1.29, 1.82) is 0 Å². The quantitative estimate of drug-likeness (QED) is 0.230. The summed E-state index contributed by atoms with van der Waals surface area (Å²) in [6.07, 6.45) is 3.90. The van der Waals surface area contributed by atoms with Crippen molar-refractivity contribution in [3.8, 4) is 33.4 Å². The van der Waals surface area contributed by atoms with Crippen LogP contribution in [-0.2, 0) is 12.8 Å². The number of hydrogen-bond acceptors (Lipinski definition) is 1. The monoisotopic (exact) mass is 488 g/mol. The maximum absolute atomic E-state index is 14.3. The molecular formula is C37H28O. The van der Waals surface area contributed by atoms with E-state index in [1.54, 1.807) is 0 Å². The van der Waals surface area contributed by atoms with E-state index in [1.165, 1.54) is 55.6 Å². The topological polar surface area (TPSA) is 17.1 Å². The largest absolute Gasteiger partial charge is 0.293 e. The van der Waals surface area contributed by atoms with Crippen molar-refractivity contribution in [1.82, 2.24) is 0 Å². The average Bonchev–Trinajstić information content (AvgIpc) is 3.23. The fourth-order valence-electron chi connectivity index (χ4n) is 7.36. The van der Waals surface area contributed by atoms with E-state index in [0.29, 0.717) is 5.92 Å². The van der Waals surface area contributed by atoms with E-state index in [0.717, 1.165) is 36.8 Å². The molecule has 1 heteroatoms. The number of fused-ring (bicyclic) bond motifs is 10. The zero-order chi connectivity index (χ0) is 25.2. The molecule has 0 heterocycles. The lowest BCUT2D eigenvalue weighted by Crippen LogP contribution is -2.16. The Hall–Kier alpha value is -4.23. The van der Waals surface area contributed by atoms with Crippen LogP contribution in [0.4, 0.5) is 0 Å². The van der Waals surface area contributed by atoms with Gasteiger partial charge in [0.15, 0.2) is 5.78 Å². The summed E-state index contributed by atoms with van der Waals surface area (Å²) in [6.45, 7) is 0. The predicted octanol–water partition coefficient (Wildman–Crippen LogP) is 8.99. The van der Waals surface area contributed by atoms with Crippen molar-refractivity contribution < 1.29 is 4.79 Å². The van der Waals surface area contributed by atoms with Gasteiger partial charge in [-0.25, -0.2) is 0 Å². The van der Waals surface area contributed by atoms with E-state index in [2.05, 4.69) is 97.1 Å². The van der Waals surface area contributed by atoms with Crippen LogP contribution < -0.4 is 0 Å². The van der Waals surface area contributed by atoms with Crippen molar-refractivity contribution in [2.24, 2.45) is 0 Å². The zero-order valence-corrected chi connectivity index (χ0v) is 21.3. The van der Waals surface area contributed by atoms with Gasteiger partial charge in [-0.1, -0.05) is 97.1 Å². The molecule has 2 unspecified atom stereocenters. The molecule has 2 bridgehead atoms. The molecule has 0 N–H and O–H groups in total. The van der Waals surface area contributed by atoms with Crippen LogP contribution in [0, 0.1) is 0 Å². The molecule has 3 aliphatic carbocycles. The number of ketones is 1. The van der Waals surface area contributed by atoms with E-state index < -0.39 is 0 Å². The van der Waals surface area contributed by atoms with Gasteiger partial charge in [-0.15, -0.1) is 0 Å². The minimum Gasteiger partial charge on any atom is -0.293 e. The maximum atomic E-state index is 14.3. The van der Waals surface area contributed by atoms with Crippen molar-refractivity contribution in [2.45, 2.75) is 37.5 Å². The summed E-state index contributed by atoms with van der Waals surface area (Å²) in [5.41, 5.74) is 15.1. The molecule has 0 radical (unpaired) electrons. The van der Waals surface area contributed by atoms with Crippen LogP contribution in [0.15, 0.2) is 109 Å². The molecule has 0 amide bonds. The van der Waals surface area contributed by atoms with Crippen molar-refractivity contribution in [2.75, 3.05) is 0 Å². The Bertz CT molecular complexity index is 1740. The van der Waals surface area contributed by atoms with Gasteiger partial charge in [0.1, 0.15) is 0 Å². The van der Waals surface area contributed by atoms with Gasteiger partial charge in [0.2, 0.25) is 0 Å². The first-order valence-corrected chi connectivity index (χ1v) is 13.8. The highest BCUT2D eigenvalue weighted by Crippen LogP contribution is 2.50. The van der Waals surface area contributed by atoms with Gasteiger partial charge in [-0.05, 0) is 99.0 Å². The molecule has 0 saturated heterocycles. The Morgan fingerprint density at radius 2 is 1.05 bits per heavy atom. The van der Waals surface area contributed by atoms with Gasteiger partial charge in [-0.2, -0.15) is 0 Å². The molecule has 8 rings (SSSR count). The van der Waals surface area contributed by atoms with Crippen LogP contribution in [0.1, 0.15) is 62.9 Å². The molecule has 0 aromatic heterocycles. The minimum absolute atomic E-state index is 0.136. The molecule has 0 saturated carbocycles. The van der Waals surface area contributed by atoms with Crippen LogP contribution in [0.3, 0.4) is 0 Å². The molecule has 0 spiro atoms. The van der Waals surface area contributed by atoms with E-state index in [1.807, 2.05) is 12.1 Å². The average molecular weight is 489 g/mol. The summed E-state index contributed by atoms with van der Waals surface area (Å²) in [7, 11) is 0. The molecule has 2 atom stereocenters. The van der Waals surface area contributed by atoms with E-state index in [-0.39, 0.29) is 11.7 Å². The number of carbonyl (C=O) groups is 1. The number of hydrogen-bond donors (Lipinski definition) is 0. The number of Topliss-reactive ketones (excluding diaryl/α,β-unsaturated/α-hetero) is 1. The van der Waals surface area contributed by atoms with Gasteiger partial charge in [0.25, 0.3) is 0 Å². The van der Waals surface area contributed by atoms with Gasteiger partial charge in [0.05, 0.1) is 0 Å². The molecule has 3 aliphatic rings. The van der Waals surface area contributed by atoms with Gasteiger partial charge >= 0.3 is 0 Å². The Labute approximate surface area is 223 Å². The Kier molecular flexibility index (Phi) is 4.82. The van der Waals surface area contributed by atoms with Gasteiger partial charge in [0, 0.05) is 17.4 Å². The molecule has 5 aromatic rings. The normalized spacial score (nSPS) is 18.7. The first-order chi connectivity index (χ1) is 18.8. The highest BCUT2D eigenvalue weighted by Gasteiger charge is 2.35. The Morgan fingerprint density at radius 3 is 1.87 bits per heavy atom. The van der Waals surface area contributed by atoms with Crippen LogP contribution >= 0.6 is 0 Å². The molecular weight excluding hydrogens is 460 g/mol. The van der Waals surface area contributed by atoms with Crippen LogP contribution in [0.5, 0.6) is 0 Å². The van der Waals surface area contributed by atoms with Crippen molar-refractivity contribution >= 4 is 5.78 Å². The molecule has 5 aromatic carbocycles. The lowest BCUT2D eigenvalue weighted by atomic mass is 9.78.